The SMILES string of the molecule is Nc1nc2cc(N)c(C(F)F)cc2[nH]1. The van der Waals surface area contributed by atoms with Crippen LogP contribution in [0.5, 0.6) is 0 Å². The van der Waals surface area contributed by atoms with Gasteiger partial charge in [-0.05, 0) is 12.1 Å². The number of nitrogen functional groups attached to an aromatic ring is 2. The fraction of sp³-hybridized carbons (Fsp3) is 0.125. The molecule has 0 atom stereocenters. The van der Waals surface area contributed by atoms with Crippen LogP contribution in [0.25, 0.3) is 11.0 Å². The fourth-order valence-corrected chi connectivity index (χ4v) is 1.30. The minimum atomic E-state index is -2.59. The zero-order chi connectivity index (χ0) is 10.3. The number of fused-ring (bicyclic) bond motifs is 1. The van der Waals surface area contributed by atoms with E-state index in [-0.39, 0.29) is 17.2 Å². The molecule has 14 heavy (non-hydrogen) atoms. The summed E-state index contributed by atoms with van der Waals surface area (Å²) in [6.45, 7) is 0. The predicted molar refractivity (Wildman–Crippen MR) is 49.9 cm³/mol. The lowest BCUT2D eigenvalue weighted by atomic mass is 10.1. The minimum Gasteiger partial charge on any atom is -0.398 e. The van der Waals surface area contributed by atoms with Crippen LogP contribution in [0, 0.1) is 0 Å². The highest BCUT2D eigenvalue weighted by Crippen LogP contribution is 2.28. The van der Waals surface area contributed by atoms with Gasteiger partial charge in [-0.25, -0.2) is 13.8 Å². The number of rotatable bonds is 1. The summed E-state index contributed by atoms with van der Waals surface area (Å²) in [6, 6.07) is 2.64. The van der Waals surface area contributed by atoms with Gasteiger partial charge >= 0.3 is 0 Å². The van der Waals surface area contributed by atoms with Gasteiger partial charge in [0.25, 0.3) is 6.43 Å². The van der Waals surface area contributed by atoms with Gasteiger partial charge in [-0.3, -0.25) is 0 Å². The predicted octanol–water partition coefficient (Wildman–Crippen LogP) is 1.66. The second kappa shape index (κ2) is 2.83. The molecular formula is C8H8F2N4. The second-order valence-corrected chi connectivity index (χ2v) is 2.92. The third kappa shape index (κ3) is 1.24. The number of nitrogens with one attached hydrogen (secondary N) is 1. The van der Waals surface area contributed by atoms with Crippen molar-refractivity contribution in [2.45, 2.75) is 6.43 Å². The van der Waals surface area contributed by atoms with Crippen LogP contribution in [-0.2, 0) is 0 Å². The van der Waals surface area contributed by atoms with Gasteiger partial charge < -0.3 is 16.5 Å². The molecule has 2 rings (SSSR count). The normalized spacial score (nSPS) is 11.4. The number of anilines is 2. The Morgan fingerprint density at radius 2 is 2.00 bits per heavy atom. The number of hydrogen-bond donors (Lipinski definition) is 3. The molecule has 74 valence electrons. The number of hydrogen-bond acceptors (Lipinski definition) is 3. The van der Waals surface area contributed by atoms with Crippen LogP contribution in [0.2, 0.25) is 0 Å². The first-order valence-electron chi connectivity index (χ1n) is 3.90. The molecule has 0 unspecified atom stereocenters. The van der Waals surface area contributed by atoms with Crippen molar-refractivity contribution in [1.82, 2.24) is 9.97 Å². The van der Waals surface area contributed by atoms with E-state index in [2.05, 4.69) is 9.97 Å². The highest BCUT2D eigenvalue weighted by atomic mass is 19.3. The first-order chi connectivity index (χ1) is 6.58. The molecule has 0 aliphatic heterocycles. The lowest BCUT2D eigenvalue weighted by molar-refractivity contribution is 0.152. The van der Waals surface area contributed by atoms with E-state index >= 15 is 0 Å². The maximum atomic E-state index is 12.4. The fourth-order valence-electron chi connectivity index (χ4n) is 1.30. The third-order valence-corrected chi connectivity index (χ3v) is 1.94. The van der Waals surface area contributed by atoms with Crippen molar-refractivity contribution >= 4 is 22.7 Å². The van der Waals surface area contributed by atoms with Crippen LogP contribution in [0.4, 0.5) is 20.4 Å². The standard InChI is InChI=1S/C8H8F2N4/c9-7(10)3-1-5-6(2-4(3)11)14-8(12)13-5/h1-2,7H,11H2,(H3,12,13,14). The zero-order valence-electron chi connectivity index (χ0n) is 7.09. The third-order valence-electron chi connectivity index (χ3n) is 1.94. The van der Waals surface area contributed by atoms with E-state index in [1.165, 1.54) is 12.1 Å². The number of benzene rings is 1. The van der Waals surface area contributed by atoms with E-state index in [1.54, 1.807) is 0 Å². The number of halogens is 2. The summed E-state index contributed by atoms with van der Waals surface area (Å²) in [5.74, 6) is 0.186. The molecule has 0 radical (unpaired) electrons. The van der Waals surface area contributed by atoms with Gasteiger partial charge in [0.05, 0.1) is 11.0 Å². The molecular weight excluding hydrogens is 190 g/mol. The topological polar surface area (TPSA) is 80.7 Å². The summed E-state index contributed by atoms with van der Waals surface area (Å²) in [7, 11) is 0. The molecule has 0 aliphatic carbocycles. The number of imidazole rings is 1. The number of aromatic amines is 1. The maximum Gasteiger partial charge on any atom is 0.265 e. The second-order valence-electron chi connectivity index (χ2n) is 2.92. The quantitative estimate of drug-likeness (QED) is 0.609. The van der Waals surface area contributed by atoms with Gasteiger partial charge in [-0.15, -0.1) is 0 Å². The number of aromatic nitrogens is 2. The Labute approximate surface area is 77.9 Å². The summed E-state index contributed by atoms with van der Waals surface area (Å²) in [5.41, 5.74) is 11.6. The van der Waals surface area contributed by atoms with Crippen LogP contribution in [0.1, 0.15) is 12.0 Å². The lowest BCUT2D eigenvalue weighted by Gasteiger charge is -2.03. The van der Waals surface area contributed by atoms with Crippen LogP contribution in [-0.4, -0.2) is 9.97 Å². The van der Waals surface area contributed by atoms with Gasteiger partial charge in [-0.2, -0.15) is 0 Å². The molecule has 0 fully saturated rings. The van der Waals surface area contributed by atoms with E-state index in [1.807, 2.05) is 0 Å². The van der Waals surface area contributed by atoms with Crippen LogP contribution < -0.4 is 11.5 Å². The van der Waals surface area contributed by atoms with Crippen molar-refractivity contribution in [3.8, 4) is 0 Å². The average Bonchev–Trinajstić information content (AvgIpc) is 2.42. The Kier molecular flexibility index (Phi) is 1.77. The number of nitrogens with two attached hydrogens (primary N) is 2. The summed E-state index contributed by atoms with van der Waals surface area (Å²) in [5, 5.41) is 0. The monoisotopic (exact) mass is 198 g/mol. The van der Waals surface area contributed by atoms with Crippen molar-refractivity contribution in [3.05, 3.63) is 17.7 Å². The molecule has 0 saturated carbocycles. The molecule has 6 heteroatoms. The number of alkyl halides is 2. The molecule has 0 bridgehead atoms. The molecule has 0 spiro atoms. The van der Waals surface area contributed by atoms with Gasteiger partial charge in [-0.1, -0.05) is 0 Å². The highest BCUT2D eigenvalue weighted by Gasteiger charge is 2.13. The van der Waals surface area contributed by atoms with E-state index in [0.717, 1.165) is 0 Å². The van der Waals surface area contributed by atoms with Crippen molar-refractivity contribution < 1.29 is 8.78 Å². The van der Waals surface area contributed by atoms with E-state index in [4.69, 9.17) is 11.5 Å². The Balaban J connectivity index is 2.70. The Morgan fingerprint density at radius 3 is 2.64 bits per heavy atom. The Morgan fingerprint density at radius 1 is 1.29 bits per heavy atom. The molecule has 4 nitrogen and oxygen atoms in total. The molecule has 1 aromatic carbocycles. The van der Waals surface area contributed by atoms with Gasteiger partial charge in [0, 0.05) is 11.3 Å². The van der Waals surface area contributed by atoms with Crippen molar-refractivity contribution in [3.63, 3.8) is 0 Å². The van der Waals surface area contributed by atoms with Crippen LogP contribution in [0.3, 0.4) is 0 Å². The average molecular weight is 198 g/mol. The number of H-pyrrole nitrogens is 1. The largest absolute Gasteiger partial charge is 0.398 e. The van der Waals surface area contributed by atoms with Gasteiger partial charge in [0.15, 0.2) is 5.95 Å². The van der Waals surface area contributed by atoms with E-state index in [9.17, 15) is 8.78 Å². The van der Waals surface area contributed by atoms with E-state index in [0.29, 0.717) is 11.0 Å². The summed E-state index contributed by atoms with van der Waals surface area (Å²) in [6.07, 6.45) is -2.59. The highest BCUT2D eigenvalue weighted by molar-refractivity contribution is 5.82. The first-order valence-corrected chi connectivity index (χ1v) is 3.90. The number of nitrogens with zero attached hydrogens (tertiary/aromatic N) is 1. The molecule has 0 amide bonds. The van der Waals surface area contributed by atoms with Crippen molar-refractivity contribution in [2.75, 3.05) is 11.5 Å². The summed E-state index contributed by atoms with van der Waals surface area (Å²) >= 11 is 0. The first kappa shape index (κ1) is 8.74. The Hall–Kier alpha value is -1.85. The van der Waals surface area contributed by atoms with Crippen molar-refractivity contribution in [2.24, 2.45) is 0 Å². The van der Waals surface area contributed by atoms with Crippen molar-refractivity contribution in [1.29, 1.82) is 0 Å². The lowest BCUT2D eigenvalue weighted by Crippen LogP contribution is -1.94. The molecule has 0 aliphatic rings. The van der Waals surface area contributed by atoms with Gasteiger partial charge in [0.1, 0.15) is 0 Å². The molecule has 1 aromatic heterocycles. The summed E-state index contributed by atoms with van der Waals surface area (Å²) in [4.78, 5) is 6.53. The maximum absolute atomic E-state index is 12.4. The molecule has 1 heterocycles. The summed E-state index contributed by atoms with van der Waals surface area (Å²) < 4.78 is 24.8. The zero-order valence-corrected chi connectivity index (χ0v) is 7.09. The molecule has 2 aromatic rings. The van der Waals surface area contributed by atoms with Crippen LogP contribution in [0.15, 0.2) is 12.1 Å². The van der Waals surface area contributed by atoms with Crippen LogP contribution >= 0.6 is 0 Å². The van der Waals surface area contributed by atoms with Gasteiger partial charge in [0.2, 0.25) is 0 Å². The molecule has 0 saturated heterocycles. The Bertz CT molecular complexity index is 477. The minimum absolute atomic E-state index is 0.0269. The molecule has 5 N–H and O–H groups in total. The van der Waals surface area contributed by atoms with E-state index < -0.39 is 6.43 Å². The smallest absolute Gasteiger partial charge is 0.265 e.